The molecule has 8 nitrogen and oxygen atoms in total. The number of aromatic nitrogens is 2. The lowest BCUT2D eigenvalue weighted by molar-refractivity contribution is -0.385. The number of nitro groups is 1. The fourth-order valence-corrected chi connectivity index (χ4v) is 1.55. The number of nitrogens with zero attached hydrogens (tertiary/aromatic N) is 3. The van der Waals surface area contributed by atoms with Crippen molar-refractivity contribution >= 4 is 17.3 Å². The SMILES string of the molecule is NC(=O)c1nn(C2=CCOCC2)cc1[N+](=O)[O-]. The van der Waals surface area contributed by atoms with E-state index in [9.17, 15) is 14.9 Å². The molecule has 0 saturated carbocycles. The predicted molar refractivity (Wildman–Crippen MR) is 57.1 cm³/mol. The Morgan fingerprint density at radius 1 is 1.65 bits per heavy atom. The van der Waals surface area contributed by atoms with Crippen molar-refractivity contribution < 1.29 is 14.5 Å². The zero-order valence-electron chi connectivity index (χ0n) is 8.83. The van der Waals surface area contributed by atoms with Gasteiger partial charge >= 0.3 is 5.69 Å². The van der Waals surface area contributed by atoms with Crippen LogP contribution in [0.2, 0.25) is 0 Å². The highest BCUT2D eigenvalue weighted by Crippen LogP contribution is 2.21. The second kappa shape index (κ2) is 4.34. The maximum absolute atomic E-state index is 11.0. The van der Waals surface area contributed by atoms with E-state index in [-0.39, 0.29) is 11.4 Å². The second-order valence-electron chi connectivity index (χ2n) is 3.45. The monoisotopic (exact) mass is 238 g/mol. The number of ether oxygens (including phenoxy) is 1. The summed E-state index contributed by atoms with van der Waals surface area (Å²) < 4.78 is 6.42. The van der Waals surface area contributed by atoms with Crippen molar-refractivity contribution in [2.45, 2.75) is 6.42 Å². The summed E-state index contributed by atoms with van der Waals surface area (Å²) in [5, 5.41) is 14.6. The Balaban J connectivity index is 2.43. The van der Waals surface area contributed by atoms with E-state index in [1.165, 1.54) is 10.9 Å². The Hall–Kier alpha value is -2.22. The number of rotatable bonds is 3. The fourth-order valence-electron chi connectivity index (χ4n) is 1.55. The van der Waals surface area contributed by atoms with Crippen LogP contribution in [-0.2, 0) is 4.74 Å². The van der Waals surface area contributed by atoms with Gasteiger partial charge in [-0.3, -0.25) is 14.9 Å². The molecule has 17 heavy (non-hydrogen) atoms. The first-order valence-electron chi connectivity index (χ1n) is 4.90. The molecule has 90 valence electrons. The summed E-state index contributed by atoms with van der Waals surface area (Å²) in [7, 11) is 0. The first kappa shape index (κ1) is 11.3. The molecule has 2 rings (SSSR count). The molecule has 1 aliphatic rings. The van der Waals surface area contributed by atoms with Gasteiger partial charge in [0.05, 0.1) is 18.1 Å². The number of hydrogen-bond acceptors (Lipinski definition) is 5. The zero-order chi connectivity index (χ0) is 12.4. The zero-order valence-corrected chi connectivity index (χ0v) is 8.83. The van der Waals surface area contributed by atoms with Crippen LogP contribution in [0.5, 0.6) is 0 Å². The van der Waals surface area contributed by atoms with Crippen LogP contribution in [0.25, 0.3) is 5.70 Å². The maximum Gasteiger partial charge on any atom is 0.320 e. The summed E-state index contributed by atoms with van der Waals surface area (Å²) in [4.78, 5) is 21.1. The highest BCUT2D eigenvalue weighted by Gasteiger charge is 2.24. The third-order valence-corrected chi connectivity index (χ3v) is 2.36. The highest BCUT2D eigenvalue weighted by molar-refractivity contribution is 5.94. The average molecular weight is 238 g/mol. The summed E-state index contributed by atoms with van der Waals surface area (Å²) in [6, 6.07) is 0. The van der Waals surface area contributed by atoms with Crippen molar-refractivity contribution in [3.8, 4) is 0 Å². The van der Waals surface area contributed by atoms with Crippen LogP contribution >= 0.6 is 0 Å². The van der Waals surface area contributed by atoms with Gasteiger partial charge in [-0.2, -0.15) is 5.10 Å². The van der Waals surface area contributed by atoms with E-state index in [2.05, 4.69) is 5.10 Å². The molecular formula is C9H10N4O4. The minimum absolute atomic E-state index is 0.331. The van der Waals surface area contributed by atoms with Crippen LogP contribution in [-0.4, -0.2) is 33.8 Å². The Labute approximate surface area is 95.8 Å². The molecule has 0 bridgehead atoms. The van der Waals surface area contributed by atoms with Gasteiger partial charge in [-0.05, 0) is 6.08 Å². The lowest BCUT2D eigenvalue weighted by Gasteiger charge is -2.12. The van der Waals surface area contributed by atoms with Crippen LogP contribution in [0, 0.1) is 10.1 Å². The fraction of sp³-hybridized carbons (Fsp3) is 0.333. The van der Waals surface area contributed by atoms with Crippen LogP contribution in [0.15, 0.2) is 12.3 Å². The van der Waals surface area contributed by atoms with E-state index in [0.717, 1.165) is 5.70 Å². The Kier molecular flexibility index (Phi) is 2.88. The first-order valence-corrected chi connectivity index (χ1v) is 4.90. The number of primary amides is 1. The molecule has 2 N–H and O–H groups in total. The largest absolute Gasteiger partial charge is 0.377 e. The molecule has 1 amide bonds. The standard InChI is InChI=1S/C9H10N4O4/c10-9(14)8-7(13(15)16)5-12(11-8)6-1-3-17-4-2-6/h1,5H,2-4H2,(H2,10,14). The Morgan fingerprint density at radius 3 is 2.88 bits per heavy atom. The van der Waals surface area contributed by atoms with E-state index in [1.54, 1.807) is 6.08 Å². The van der Waals surface area contributed by atoms with Crippen LogP contribution in [0.3, 0.4) is 0 Å². The van der Waals surface area contributed by atoms with Crippen molar-refractivity contribution in [1.82, 2.24) is 9.78 Å². The topological polar surface area (TPSA) is 113 Å². The lowest BCUT2D eigenvalue weighted by Crippen LogP contribution is -2.15. The molecule has 8 heteroatoms. The number of hydrogen-bond donors (Lipinski definition) is 1. The van der Waals surface area contributed by atoms with E-state index in [1.807, 2.05) is 0 Å². The van der Waals surface area contributed by atoms with Crippen LogP contribution < -0.4 is 5.73 Å². The van der Waals surface area contributed by atoms with Crippen molar-refractivity contribution in [2.75, 3.05) is 13.2 Å². The maximum atomic E-state index is 11.0. The van der Waals surface area contributed by atoms with Gasteiger partial charge in [0.15, 0.2) is 0 Å². The van der Waals surface area contributed by atoms with Crippen LogP contribution in [0.4, 0.5) is 5.69 Å². The minimum atomic E-state index is -0.914. The number of carbonyl (C=O) groups is 1. The van der Waals surface area contributed by atoms with Gasteiger partial charge in [-0.25, -0.2) is 4.68 Å². The Bertz CT molecular complexity index is 474. The molecule has 0 fully saturated rings. The molecule has 1 aromatic heterocycles. The molecule has 0 atom stereocenters. The van der Waals surface area contributed by atoms with Crippen molar-refractivity contribution in [2.24, 2.45) is 5.73 Å². The molecular weight excluding hydrogens is 228 g/mol. The molecule has 2 heterocycles. The van der Waals surface area contributed by atoms with Gasteiger partial charge in [0.2, 0.25) is 5.69 Å². The number of amides is 1. The second-order valence-corrected chi connectivity index (χ2v) is 3.45. The van der Waals surface area contributed by atoms with Gasteiger partial charge in [-0.15, -0.1) is 0 Å². The van der Waals surface area contributed by atoms with Crippen molar-refractivity contribution in [3.05, 3.63) is 28.1 Å². The van der Waals surface area contributed by atoms with E-state index >= 15 is 0 Å². The van der Waals surface area contributed by atoms with Crippen molar-refractivity contribution in [1.29, 1.82) is 0 Å². The molecule has 0 spiro atoms. The van der Waals surface area contributed by atoms with Gasteiger partial charge in [0.1, 0.15) is 6.20 Å². The third kappa shape index (κ3) is 2.16. The quantitative estimate of drug-likeness (QED) is 0.594. The lowest BCUT2D eigenvalue weighted by atomic mass is 10.3. The molecule has 0 radical (unpaired) electrons. The van der Waals surface area contributed by atoms with Gasteiger partial charge < -0.3 is 10.5 Å². The normalized spacial score (nSPS) is 15.4. The van der Waals surface area contributed by atoms with Crippen molar-refractivity contribution in [3.63, 3.8) is 0 Å². The van der Waals surface area contributed by atoms with Gasteiger partial charge in [-0.1, -0.05) is 0 Å². The summed E-state index contributed by atoms with van der Waals surface area (Å²) in [6.07, 6.45) is 3.53. The number of nitrogens with two attached hydrogens (primary N) is 1. The summed E-state index contributed by atoms with van der Waals surface area (Å²) >= 11 is 0. The summed E-state index contributed by atoms with van der Waals surface area (Å²) in [6.45, 7) is 0.945. The molecule has 0 unspecified atom stereocenters. The Morgan fingerprint density at radius 2 is 2.41 bits per heavy atom. The summed E-state index contributed by atoms with van der Waals surface area (Å²) in [5.74, 6) is -0.914. The molecule has 1 aliphatic heterocycles. The smallest absolute Gasteiger partial charge is 0.320 e. The molecule has 0 saturated heterocycles. The van der Waals surface area contributed by atoms with Gasteiger partial charge in [0.25, 0.3) is 5.91 Å². The number of carbonyl (C=O) groups excluding carboxylic acids is 1. The van der Waals surface area contributed by atoms with E-state index in [4.69, 9.17) is 10.5 Å². The predicted octanol–water partition coefficient (Wildman–Crippen LogP) is 0.151. The highest BCUT2D eigenvalue weighted by atomic mass is 16.6. The molecule has 0 aliphatic carbocycles. The first-order chi connectivity index (χ1) is 8.09. The molecule has 1 aromatic rings. The van der Waals surface area contributed by atoms with Crippen LogP contribution in [0.1, 0.15) is 16.9 Å². The molecule has 0 aromatic carbocycles. The summed E-state index contributed by atoms with van der Waals surface area (Å²) in [5.41, 5.74) is 5.07. The minimum Gasteiger partial charge on any atom is -0.377 e. The van der Waals surface area contributed by atoms with E-state index < -0.39 is 10.8 Å². The van der Waals surface area contributed by atoms with E-state index in [0.29, 0.717) is 19.6 Å². The van der Waals surface area contributed by atoms with Gasteiger partial charge in [0, 0.05) is 12.1 Å². The third-order valence-electron chi connectivity index (χ3n) is 2.36. The average Bonchev–Trinajstić information content (AvgIpc) is 2.75.